The Kier molecular flexibility index (Phi) is 8.08. The number of imidazole rings is 1. The van der Waals surface area contributed by atoms with Gasteiger partial charge in [-0.15, -0.1) is 11.8 Å². The molecule has 2 aromatic rings. The van der Waals surface area contributed by atoms with Gasteiger partial charge >= 0.3 is 0 Å². The molecule has 0 radical (unpaired) electrons. The molecule has 2 rings (SSSR count). The molecule has 20 heavy (non-hydrogen) atoms. The molecule has 0 spiro atoms. The number of hydrogen-bond acceptors (Lipinski definition) is 1. The van der Waals surface area contributed by atoms with Crippen LogP contribution in [0.15, 0.2) is 30.6 Å². The number of halogens is 1. The van der Waals surface area contributed by atoms with Crippen LogP contribution in [0.1, 0.15) is 39.5 Å². The highest BCUT2D eigenvalue weighted by molar-refractivity contribution is 7.98. The van der Waals surface area contributed by atoms with Gasteiger partial charge in [0.15, 0.2) is 11.0 Å². The third kappa shape index (κ3) is 4.42. The van der Waals surface area contributed by atoms with Crippen molar-refractivity contribution in [2.24, 2.45) is 0 Å². The highest BCUT2D eigenvalue weighted by atomic mass is 35.5. The number of unbranched alkanes of at least 4 members (excludes halogenated alkanes) is 2. The highest BCUT2D eigenvalue weighted by Crippen LogP contribution is 2.13. The van der Waals surface area contributed by atoms with Crippen LogP contribution in [0.5, 0.6) is 0 Å². The number of fused-ring (bicyclic) bond motifs is 1. The molecule has 1 aromatic heterocycles. The third-order valence-electron chi connectivity index (χ3n) is 3.40. The lowest BCUT2D eigenvalue weighted by molar-refractivity contribution is -0.650. The summed E-state index contributed by atoms with van der Waals surface area (Å²) in [5.41, 5.74) is 2.73. The fourth-order valence-electron chi connectivity index (χ4n) is 2.26. The molecule has 1 heterocycles. The minimum Gasteiger partial charge on any atom is -1.00 e. The van der Waals surface area contributed by atoms with E-state index >= 15 is 0 Å². The van der Waals surface area contributed by atoms with Crippen LogP contribution in [0.2, 0.25) is 0 Å². The van der Waals surface area contributed by atoms with Gasteiger partial charge < -0.3 is 12.4 Å². The van der Waals surface area contributed by atoms with Crippen molar-refractivity contribution in [3.05, 3.63) is 30.6 Å². The largest absolute Gasteiger partial charge is 1.00 e. The molecule has 4 heteroatoms. The molecule has 0 atom stereocenters. The summed E-state index contributed by atoms with van der Waals surface area (Å²) in [6.45, 7) is 5.63. The van der Waals surface area contributed by atoms with Gasteiger partial charge in [0.2, 0.25) is 6.33 Å². The van der Waals surface area contributed by atoms with Crippen molar-refractivity contribution in [2.45, 2.75) is 52.0 Å². The molecule has 0 aliphatic rings. The van der Waals surface area contributed by atoms with E-state index in [1.54, 1.807) is 0 Å². The standard InChI is InChI=1S/C16H25N2S.ClH/c1-3-5-11-17-13-18(14-19-12-6-4-2)16-10-8-7-9-15(16)17;/h7-10,13H,3-6,11-12,14H2,1-2H3;1H/q+1;/p-1. The Labute approximate surface area is 133 Å². The number of benzene rings is 1. The van der Waals surface area contributed by atoms with E-state index in [1.807, 2.05) is 11.8 Å². The number of hydrogen-bond donors (Lipinski definition) is 0. The second-order valence-electron chi connectivity index (χ2n) is 5.01. The molecule has 0 aliphatic carbocycles. The quantitative estimate of drug-likeness (QED) is 0.526. The first-order valence-corrected chi connectivity index (χ1v) is 8.57. The van der Waals surface area contributed by atoms with E-state index in [0.29, 0.717) is 0 Å². The van der Waals surface area contributed by atoms with E-state index in [4.69, 9.17) is 0 Å². The molecular weight excluding hydrogens is 288 g/mol. The minimum absolute atomic E-state index is 0. The van der Waals surface area contributed by atoms with Gasteiger partial charge in [-0.05, 0) is 30.7 Å². The van der Waals surface area contributed by atoms with Crippen LogP contribution in [0, 0.1) is 0 Å². The van der Waals surface area contributed by atoms with Crippen LogP contribution in [-0.2, 0) is 12.4 Å². The summed E-state index contributed by atoms with van der Waals surface area (Å²) in [7, 11) is 0. The van der Waals surface area contributed by atoms with Gasteiger partial charge in [0, 0.05) is 0 Å². The maximum atomic E-state index is 2.40. The summed E-state index contributed by atoms with van der Waals surface area (Å²) in [5, 5.41) is 0. The molecule has 0 saturated heterocycles. The summed E-state index contributed by atoms with van der Waals surface area (Å²) in [4.78, 5) is 0. The second-order valence-corrected chi connectivity index (χ2v) is 6.09. The maximum absolute atomic E-state index is 2.40. The molecule has 0 N–H and O–H groups in total. The smallest absolute Gasteiger partial charge is 0.245 e. The van der Waals surface area contributed by atoms with E-state index in [1.165, 1.54) is 42.5 Å². The van der Waals surface area contributed by atoms with Crippen LogP contribution >= 0.6 is 11.8 Å². The maximum Gasteiger partial charge on any atom is 0.245 e. The van der Waals surface area contributed by atoms with E-state index in [0.717, 1.165) is 12.4 Å². The lowest BCUT2D eigenvalue weighted by Crippen LogP contribution is -3.00. The lowest BCUT2D eigenvalue weighted by Gasteiger charge is -1.97. The van der Waals surface area contributed by atoms with Gasteiger partial charge in [0.05, 0.1) is 6.54 Å². The molecule has 0 aliphatic heterocycles. The molecule has 0 saturated carbocycles. The fraction of sp³-hybridized carbons (Fsp3) is 0.562. The van der Waals surface area contributed by atoms with Crippen LogP contribution in [0.4, 0.5) is 0 Å². The van der Waals surface area contributed by atoms with Crippen LogP contribution < -0.4 is 17.0 Å². The molecule has 0 amide bonds. The molecule has 0 fully saturated rings. The Balaban J connectivity index is 0.00000200. The summed E-state index contributed by atoms with van der Waals surface area (Å²) in [6, 6.07) is 8.75. The lowest BCUT2D eigenvalue weighted by atomic mass is 10.3. The van der Waals surface area contributed by atoms with Crippen molar-refractivity contribution in [2.75, 3.05) is 5.75 Å². The Morgan fingerprint density at radius 1 is 1.10 bits per heavy atom. The van der Waals surface area contributed by atoms with Crippen LogP contribution in [-0.4, -0.2) is 10.3 Å². The van der Waals surface area contributed by atoms with Crippen molar-refractivity contribution >= 4 is 22.8 Å². The van der Waals surface area contributed by atoms with Crippen LogP contribution in [0.3, 0.4) is 0 Å². The summed E-state index contributed by atoms with van der Waals surface area (Å²) in [5.74, 6) is 2.33. The van der Waals surface area contributed by atoms with Crippen LogP contribution in [0.25, 0.3) is 11.0 Å². The predicted molar refractivity (Wildman–Crippen MR) is 84.4 cm³/mol. The second kappa shape index (κ2) is 9.30. The number of para-hydroxylation sites is 2. The van der Waals surface area contributed by atoms with Gasteiger partial charge in [-0.3, -0.25) is 0 Å². The SMILES string of the molecule is CCCCSC[n+]1cn(CCCC)c2ccccc21.[Cl-]. The molecule has 0 bridgehead atoms. The first kappa shape index (κ1) is 17.4. The van der Waals surface area contributed by atoms with E-state index in [-0.39, 0.29) is 12.4 Å². The van der Waals surface area contributed by atoms with Gasteiger partial charge in [0.1, 0.15) is 5.88 Å². The number of aryl methyl sites for hydroxylation is 1. The van der Waals surface area contributed by atoms with Crippen molar-refractivity contribution < 1.29 is 17.0 Å². The third-order valence-corrected chi connectivity index (χ3v) is 4.44. The van der Waals surface area contributed by atoms with E-state index in [2.05, 4.69) is 53.6 Å². The Bertz CT molecular complexity index is 510. The number of nitrogens with zero attached hydrogens (tertiary/aromatic N) is 2. The van der Waals surface area contributed by atoms with Gasteiger partial charge in [-0.1, -0.05) is 38.8 Å². The highest BCUT2D eigenvalue weighted by Gasteiger charge is 2.14. The van der Waals surface area contributed by atoms with Crippen molar-refractivity contribution in [3.63, 3.8) is 0 Å². The average molecular weight is 313 g/mol. The van der Waals surface area contributed by atoms with E-state index in [9.17, 15) is 0 Å². The first-order chi connectivity index (χ1) is 9.36. The number of rotatable bonds is 8. The average Bonchev–Trinajstić information content (AvgIpc) is 2.80. The zero-order chi connectivity index (χ0) is 13.5. The Morgan fingerprint density at radius 2 is 1.85 bits per heavy atom. The van der Waals surface area contributed by atoms with E-state index < -0.39 is 0 Å². The van der Waals surface area contributed by atoms with Gasteiger partial charge in [-0.2, -0.15) is 0 Å². The van der Waals surface area contributed by atoms with Crippen molar-refractivity contribution in [1.82, 2.24) is 4.57 Å². The molecule has 2 nitrogen and oxygen atoms in total. The number of thioether (sulfide) groups is 1. The molecule has 1 aromatic carbocycles. The minimum atomic E-state index is 0. The first-order valence-electron chi connectivity index (χ1n) is 7.41. The topological polar surface area (TPSA) is 8.81 Å². The van der Waals surface area contributed by atoms with Gasteiger partial charge in [-0.25, -0.2) is 9.13 Å². The molecule has 112 valence electrons. The summed E-state index contributed by atoms with van der Waals surface area (Å²) in [6.07, 6.45) is 7.40. The van der Waals surface area contributed by atoms with Crippen molar-refractivity contribution in [1.29, 1.82) is 0 Å². The molecular formula is C16H25ClN2S. The van der Waals surface area contributed by atoms with Crippen molar-refractivity contribution in [3.8, 4) is 0 Å². The normalized spacial score (nSPS) is 10.7. The predicted octanol–water partition coefficient (Wildman–Crippen LogP) is 1.22. The Hall–Kier alpha value is -0.670. The number of aromatic nitrogens is 2. The monoisotopic (exact) mass is 312 g/mol. The molecule has 0 unspecified atom stereocenters. The summed E-state index contributed by atoms with van der Waals surface area (Å²) < 4.78 is 4.80. The Morgan fingerprint density at radius 3 is 2.60 bits per heavy atom. The zero-order valence-corrected chi connectivity index (χ0v) is 14.1. The summed E-state index contributed by atoms with van der Waals surface area (Å²) >= 11 is 2.03. The van der Waals surface area contributed by atoms with Gasteiger partial charge in [0.25, 0.3) is 0 Å². The fourth-order valence-corrected chi connectivity index (χ4v) is 3.29. The zero-order valence-electron chi connectivity index (χ0n) is 12.5.